The molecule has 0 aromatic heterocycles. The van der Waals surface area contributed by atoms with Gasteiger partial charge in [0.2, 0.25) is 10.0 Å². The summed E-state index contributed by atoms with van der Waals surface area (Å²) in [5.74, 6) is -4.93. The van der Waals surface area contributed by atoms with Gasteiger partial charge in [-0.25, -0.2) is 26.3 Å². The van der Waals surface area contributed by atoms with Crippen molar-refractivity contribution in [2.75, 3.05) is 0 Å². The van der Waals surface area contributed by atoms with E-state index in [1.165, 1.54) is 6.92 Å². The fraction of sp³-hybridized carbons (Fsp3) is 0.222. The summed E-state index contributed by atoms with van der Waals surface area (Å²) in [5.41, 5.74) is 5.13. The van der Waals surface area contributed by atoms with Crippen LogP contribution in [0.15, 0.2) is 22.2 Å². The molecule has 10 heteroatoms. The minimum absolute atomic E-state index is 0.228. The zero-order valence-electron chi connectivity index (χ0n) is 9.56. The van der Waals surface area contributed by atoms with Gasteiger partial charge in [-0.15, -0.1) is 0 Å². The van der Waals surface area contributed by atoms with Crippen LogP contribution in [0.5, 0.6) is 0 Å². The van der Waals surface area contributed by atoms with Crippen LogP contribution in [0.4, 0.5) is 13.2 Å². The van der Waals surface area contributed by atoms with Gasteiger partial charge in [0.15, 0.2) is 10.7 Å². The van der Waals surface area contributed by atoms with Crippen LogP contribution in [-0.2, 0) is 10.0 Å². The van der Waals surface area contributed by atoms with E-state index < -0.39 is 44.2 Å². The van der Waals surface area contributed by atoms with Crippen molar-refractivity contribution in [3.8, 4) is 0 Å². The van der Waals surface area contributed by atoms with Gasteiger partial charge in [-0.2, -0.15) is 0 Å². The highest BCUT2D eigenvalue weighted by Gasteiger charge is 2.27. The van der Waals surface area contributed by atoms with Crippen LogP contribution in [0.1, 0.15) is 6.92 Å². The molecule has 4 N–H and O–H groups in total. The Morgan fingerprint density at radius 3 is 2.26 bits per heavy atom. The van der Waals surface area contributed by atoms with Gasteiger partial charge >= 0.3 is 0 Å². The first-order chi connectivity index (χ1) is 8.69. The Morgan fingerprint density at radius 2 is 1.84 bits per heavy atom. The average Bonchev–Trinajstić information content (AvgIpc) is 2.24. The molecule has 1 aromatic rings. The van der Waals surface area contributed by atoms with Gasteiger partial charge in [-0.05, 0) is 6.92 Å². The van der Waals surface area contributed by atoms with E-state index in [0.29, 0.717) is 0 Å². The maximum Gasteiger partial charge on any atom is 0.247 e. The smallest absolute Gasteiger partial charge is 0.247 e. The zero-order valence-corrected chi connectivity index (χ0v) is 10.4. The molecule has 0 spiro atoms. The Kier molecular flexibility index (Phi) is 4.37. The molecule has 6 nitrogen and oxygen atoms in total. The number of hydrogen-bond donors (Lipinski definition) is 3. The molecule has 0 radical (unpaired) electrons. The van der Waals surface area contributed by atoms with Crippen LogP contribution in [0, 0.1) is 17.5 Å². The number of oxime groups is 1. The number of sulfonamides is 1. The predicted molar refractivity (Wildman–Crippen MR) is 59.5 cm³/mol. The van der Waals surface area contributed by atoms with E-state index in [2.05, 4.69) is 5.16 Å². The standard InChI is InChI=1S/C9H10F3N3O3S/c1-4(9(13)14-16)15-19(17,18)8-6(11)2-5(10)3-7(8)12/h2-4,15-16H,1H3,(H2,13,14). The lowest BCUT2D eigenvalue weighted by molar-refractivity contribution is 0.316. The summed E-state index contributed by atoms with van der Waals surface area (Å²) < 4.78 is 64.5. The van der Waals surface area contributed by atoms with Gasteiger partial charge in [0, 0.05) is 12.1 Å². The number of rotatable bonds is 4. The Morgan fingerprint density at radius 1 is 1.37 bits per heavy atom. The maximum absolute atomic E-state index is 13.3. The summed E-state index contributed by atoms with van der Waals surface area (Å²) in [6.45, 7) is 1.19. The van der Waals surface area contributed by atoms with E-state index >= 15 is 0 Å². The third kappa shape index (κ3) is 3.35. The normalized spacial score (nSPS) is 14.4. The summed E-state index contributed by atoms with van der Waals surface area (Å²) in [7, 11) is -4.63. The van der Waals surface area contributed by atoms with Crippen molar-refractivity contribution in [1.29, 1.82) is 0 Å². The van der Waals surface area contributed by atoms with Crippen LogP contribution in [0.2, 0.25) is 0 Å². The Hall–Kier alpha value is -1.81. The van der Waals surface area contributed by atoms with E-state index in [1.807, 2.05) is 0 Å². The highest BCUT2D eigenvalue weighted by molar-refractivity contribution is 7.89. The van der Waals surface area contributed by atoms with Gasteiger partial charge in [0.25, 0.3) is 0 Å². The van der Waals surface area contributed by atoms with Crippen LogP contribution in [0.25, 0.3) is 0 Å². The van der Waals surface area contributed by atoms with Gasteiger partial charge in [-0.3, -0.25) is 0 Å². The molecule has 0 bridgehead atoms. The monoisotopic (exact) mass is 297 g/mol. The highest BCUT2D eigenvalue weighted by atomic mass is 32.2. The third-order valence-electron chi connectivity index (χ3n) is 2.12. The van der Waals surface area contributed by atoms with Gasteiger partial charge < -0.3 is 10.9 Å². The molecule has 19 heavy (non-hydrogen) atoms. The molecular formula is C9H10F3N3O3S. The highest BCUT2D eigenvalue weighted by Crippen LogP contribution is 2.20. The van der Waals surface area contributed by atoms with Crippen LogP contribution in [0.3, 0.4) is 0 Å². The Labute approximate surface area is 106 Å². The number of amidine groups is 1. The molecule has 1 unspecified atom stereocenters. The molecule has 0 saturated carbocycles. The molecular weight excluding hydrogens is 287 g/mol. The van der Waals surface area contributed by atoms with Crippen molar-refractivity contribution in [3.63, 3.8) is 0 Å². The van der Waals surface area contributed by atoms with Gasteiger partial charge in [-0.1, -0.05) is 5.16 Å². The second-order valence-electron chi connectivity index (χ2n) is 3.57. The number of halogens is 3. The molecule has 1 atom stereocenters. The second kappa shape index (κ2) is 5.45. The maximum atomic E-state index is 13.3. The molecule has 1 aromatic carbocycles. The Bertz CT molecular complexity index is 595. The van der Waals surface area contributed by atoms with Crippen molar-refractivity contribution in [2.45, 2.75) is 17.9 Å². The van der Waals surface area contributed by atoms with Crippen LogP contribution < -0.4 is 10.5 Å². The third-order valence-corrected chi connectivity index (χ3v) is 3.71. The molecule has 0 aliphatic rings. The first-order valence-corrected chi connectivity index (χ1v) is 6.31. The molecule has 0 aliphatic heterocycles. The summed E-state index contributed by atoms with van der Waals surface area (Å²) in [6.07, 6.45) is 0. The van der Waals surface area contributed by atoms with E-state index in [0.717, 1.165) is 0 Å². The van der Waals surface area contributed by atoms with Crippen molar-refractivity contribution in [2.24, 2.45) is 10.9 Å². The molecule has 0 heterocycles. The van der Waals surface area contributed by atoms with E-state index in [-0.39, 0.29) is 12.1 Å². The number of hydrogen-bond acceptors (Lipinski definition) is 4. The quantitative estimate of drug-likeness (QED) is 0.326. The first-order valence-electron chi connectivity index (χ1n) is 4.83. The summed E-state index contributed by atoms with van der Waals surface area (Å²) in [4.78, 5) is -1.34. The van der Waals surface area contributed by atoms with Crippen molar-refractivity contribution in [3.05, 3.63) is 29.6 Å². The predicted octanol–water partition coefficient (Wildman–Crippen LogP) is 0.517. The van der Waals surface area contributed by atoms with Crippen molar-refractivity contribution < 1.29 is 26.8 Å². The second-order valence-corrected chi connectivity index (χ2v) is 5.22. The lowest BCUT2D eigenvalue weighted by Gasteiger charge is -2.13. The molecule has 0 amide bonds. The van der Waals surface area contributed by atoms with Gasteiger partial charge in [0.05, 0.1) is 6.04 Å². The van der Waals surface area contributed by atoms with E-state index in [4.69, 9.17) is 10.9 Å². The fourth-order valence-electron chi connectivity index (χ4n) is 1.22. The minimum Gasteiger partial charge on any atom is -0.409 e. The van der Waals surface area contributed by atoms with Crippen molar-refractivity contribution in [1.82, 2.24) is 4.72 Å². The molecule has 1 rings (SSSR count). The average molecular weight is 297 g/mol. The Balaban J connectivity index is 3.22. The van der Waals surface area contributed by atoms with E-state index in [9.17, 15) is 21.6 Å². The summed E-state index contributed by atoms with van der Waals surface area (Å²) in [5, 5.41) is 10.9. The number of nitrogens with two attached hydrogens (primary N) is 1. The minimum atomic E-state index is -4.63. The van der Waals surface area contributed by atoms with E-state index in [1.54, 1.807) is 4.72 Å². The number of nitrogens with one attached hydrogen (secondary N) is 1. The molecule has 106 valence electrons. The summed E-state index contributed by atoms with van der Waals surface area (Å²) >= 11 is 0. The SMILES string of the molecule is CC(NS(=O)(=O)c1c(F)cc(F)cc1F)/C(N)=N/O. The number of nitrogens with zero attached hydrogens (tertiary/aromatic N) is 1. The topological polar surface area (TPSA) is 105 Å². The van der Waals surface area contributed by atoms with Gasteiger partial charge in [0.1, 0.15) is 17.5 Å². The zero-order chi connectivity index (χ0) is 14.8. The van der Waals surface area contributed by atoms with Crippen LogP contribution in [-0.4, -0.2) is 25.5 Å². The lowest BCUT2D eigenvalue weighted by Crippen LogP contribution is -2.42. The summed E-state index contributed by atoms with van der Waals surface area (Å²) in [6, 6.07) is -0.753. The van der Waals surface area contributed by atoms with Crippen LogP contribution >= 0.6 is 0 Å². The fourth-order valence-corrected chi connectivity index (χ4v) is 2.56. The largest absolute Gasteiger partial charge is 0.409 e. The molecule has 0 aliphatic carbocycles. The first kappa shape index (κ1) is 15.2. The molecule has 0 saturated heterocycles. The van der Waals surface area contributed by atoms with Crippen molar-refractivity contribution >= 4 is 15.9 Å². The lowest BCUT2D eigenvalue weighted by atomic mass is 10.3. The number of benzene rings is 1. The molecule has 0 fully saturated rings.